The number of hydrogen-bond donors (Lipinski definition) is 3. The highest BCUT2D eigenvalue weighted by molar-refractivity contribution is 5.98. The van der Waals surface area contributed by atoms with E-state index in [9.17, 15) is 0 Å². The number of ether oxygens (including phenoxy) is 3. The molecular formula is C16H20O6. The molecule has 0 saturated carbocycles. The van der Waals surface area contributed by atoms with Gasteiger partial charge in [-0.1, -0.05) is 12.1 Å². The Kier molecular flexibility index (Phi) is 6.27. The van der Waals surface area contributed by atoms with Gasteiger partial charge in [0.25, 0.3) is 0 Å². The first-order valence-corrected chi connectivity index (χ1v) is 7.08. The molecule has 0 unspecified atom stereocenters. The summed E-state index contributed by atoms with van der Waals surface area (Å²) < 4.78 is 16.6. The fraction of sp³-hybridized carbons (Fsp3) is 0.375. The van der Waals surface area contributed by atoms with Crippen molar-refractivity contribution in [2.45, 2.75) is 0 Å². The van der Waals surface area contributed by atoms with Crippen LogP contribution in [0.25, 0.3) is 10.8 Å². The molecule has 22 heavy (non-hydrogen) atoms. The van der Waals surface area contributed by atoms with Gasteiger partial charge in [0.2, 0.25) is 0 Å². The largest absolute Gasteiger partial charge is 0.491 e. The van der Waals surface area contributed by atoms with E-state index in [2.05, 4.69) is 0 Å². The summed E-state index contributed by atoms with van der Waals surface area (Å²) in [5.74, 6) is 1.73. The summed E-state index contributed by atoms with van der Waals surface area (Å²) in [7, 11) is 0. The standard InChI is InChI=1S/C16H20O6/c17-6-9-20-13-4-5-15(22-11-8-19)16-12(13)2-1-3-14(16)21-10-7-18/h1-5,17-19H,6-11H2. The van der Waals surface area contributed by atoms with Crippen LogP contribution < -0.4 is 14.2 Å². The van der Waals surface area contributed by atoms with Gasteiger partial charge in [-0.25, -0.2) is 0 Å². The van der Waals surface area contributed by atoms with Crippen LogP contribution in [0.1, 0.15) is 0 Å². The van der Waals surface area contributed by atoms with E-state index in [-0.39, 0.29) is 39.6 Å². The minimum Gasteiger partial charge on any atom is -0.491 e. The van der Waals surface area contributed by atoms with Crippen LogP contribution in [0.15, 0.2) is 30.3 Å². The quantitative estimate of drug-likeness (QED) is 0.639. The molecule has 6 heteroatoms. The summed E-state index contributed by atoms with van der Waals surface area (Å²) >= 11 is 0. The second-order valence-corrected chi connectivity index (χ2v) is 4.46. The maximum Gasteiger partial charge on any atom is 0.131 e. The second-order valence-electron chi connectivity index (χ2n) is 4.46. The molecule has 6 nitrogen and oxygen atoms in total. The molecule has 0 heterocycles. The Labute approximate surface area is 128 Å². The van der Waals surface area contributed by atoms with Gasteiger partial charge in [-0.05, 0) is 18.2 Å². The van der Waals surface area contributed by atoms with E-state index in [4.69, 9.17) is 29.5 Å². The van der Waals surface area contributed by atoms with Crippen LogP contribution >= 0.6 is 0 Å². The van der Waals surface area contributed by atoms with Crippen molar-refractivity contribution in [1.29, 1.82) is 0 Å². The van der Waals surface area contributed by atoms with E-state index in [0.29, 0.717) is 22.6 Å². The fourth-order valence-corrected chi connectivity index (χ4v) is 2.15. The Balaban J connectivity index is 2.48. The third-order valence-corrected chi connectivity index (χ3v) is 2.97. The van der Waals surface area contributed by atoms with Crippen molar-refractivity contribution in [2.24, 2.45) is 0 Å². The van der Waals surface area contributed by atoms with Gasteiger partial charge in [0.1, 0.15) is 37.1 Å². The monoisotopic (exact) mass is 308 g/mol. The van der Waals surface area contributed by atoms with Gasteiger partial charge >= 0.3 is 0 Å². The van der Waals surface area contributed by atoms with Gasteiger partial charge in [0, 0.05) is 5.39 Å². The van der Waals surface area contributed by atoms with E-state index < -0.39 is 0 Å². The highest BCUT2D eigenvalue weighted by atomic mass is 16.5. The fourth-order valence-electron chi connectivity index (χ4n) is 2.15. The summed E-state index contributed by atoms with van der Waals surface area (Å²) in [6.45, 7) is 0.257. The molecular weight excluding hydrogens is 288 g/mol. The van der Waals surface area contributed by atoms with Crippen LogP contribution in [0.4, 0.5) is 0 Å². The zero-order valence-corrected chi connectivity index (χ0v) is 12.2. The molecule has 0 fully saturated rings. The zero-order chi connectivity index (χ0) is 15.8. The highest BCUT2D eigenvalue weighted by Gasteiger charge is 2.13. The van der Waals surface area contributed by atoms with E-state index >= 15 is 0 Å². The lowest BCUT2D eigenvalue weighted by Crippen LogP contribution is -2.06. The molecule has 0 aromatic heterocycles. The smallest absolute Gasteiger partial charge is 0.131 e. The summed E-state index contributed by atoms with van der Waals surface area (Å²) in [6.07, 6.45) is 0. The number of benzene rings is 2. The highest BCUT2D eigenvalue weighted by Crippen LogP contribution is 2.39. The predicted octanol–water partition coefficient (Wildman–Crippen LogP) is 0.953. The number of aliphatic hydroxyl groups excluding tert-OH is 3. The molecule has 0 aliphatic heterocycles. The van der Waals surface area contributed by atoms with Gasteiger partial charge in [0.15, 0.2) is 0 Å². The summed E-state index contributed by atoms with van der Waals surface area (Å²) in [5, 5.41) is 28.3. The van der Waals surface area contributed by atoms with Crippen LogP contribution in [0, 0.1) is 0 Å². The lowest BCUT2D eigenvalue weighted by Gasteiger charge is -2.16. The molecule has 0 atom stereocenters. The second kappa shape index (κ2) is 8.43. The van der Waals surface area contributed by atoms with Crippen LogP contribution in [0.2, 0.25) is 0 Å². The number of hydrogen-bond acceptors (Lipinski definition) is 6. The Morgan fingerprint density at radius 2 is 1.14 bits per heavy atom. The molecule has 3 N–H and O–H groups in total. The van der Waals surface area contributed by atoms with E-state index in [1.54, 1.807) is 18.2 Å². The van der Waals surface area contributed by atoms with Crippen molar-refractivity contribution in [2.75, 3.05) is 39.6 Å². The Morgan fingerprint density at radius 3 is 1.73 bits per heavy atom. The lowest BCUT2D eigenvalue weighted by molar-refractivity contribution is 0.196. The van der Waals surface area contributed by atoms with Gasteiger partial charge in [-0.2, -0.15) is 0 Å². The van der Waals surface area contributed by atoms with Gasteiger partial charge in [0.05, 0.1) is 25.2 Å². The summed E-state index contributed by atoms with van der Waals surface area (Å²) in [5.41, 5.74) is 0. The maximum atomic E-state index is 8.94. The summed E-state index contributed by atoms with van der Waals surface area (Å²) in [4.78, 5) is 0. The van der Waals surface area contributed by atoms with E-state index in [0.717, 1.165) is 5.39 Å². The molecule has 0 spiro atoms. The van der Waals surface area contributed by atoms with Crippen molar-refractivity contribution in [3.63, 3.8) is 0 Å². The lowest BCUT2D eigenvalue weighted by atomic mass is 10.1. The van der Waals surface area contributed by atoms with Crippen molar-refractivity contribution in [3.8, 4) is 17.2 Å². The Hall–Kier alpha value is -2.02. The van der Waals surface area contributed by atoms with Crippen LogP contribution in [0.3, 0.4) is 0 Å². The molecule has 0 bridgehead atoms. The average Bonchev–Trinajstić information content (AvgIpc) is 2.56. The first-order chi connectivity index (χ1) is 10.8. The SMILES string of the molecule is OCCOc1ccc(OCCO)c2c(OCCO)cccc12. The van der Waals surface area contributed by atoms with Crippen LogP contribution in [0.5, 0.6) is 17.2 Å². The predicted molar refractivity (Wildman–Crippen MR) is 81.7 cm³/mol. The molecule has 0 radical (unpaired) electrons. The Morgan fingerprint density at radius 1 is 0.636 bits per heavy atom. The topological polar surface area (TPSA) is 88.4 Å². The zero-order valence-electron chi connectivity index (χ0n) is 12.2. The minimum atomic E-state index is -0.0933. The number of aliphatic hydroxyl groups is 3. The van der Waals surface area contributed by atoms with Gasteiger partial charge in [-0.15, -0.1) is 0 Å². The summed E-state index contributed by atoms with van der Waals surface area (Å²) in [6, 6.07) is 8.94. The number of fused-ring (bicyclic) bond motifs is 1. The van der Waals surface area contributed by atoms with E-state index in [1.807, 2.05) is 12.1 Å². The molecule has 0 aliphatic rings. The normalized spacial score (nSPS) is 10.7. The molecule has 120 valence electrons. The van der Waals surface area contributed by atoms with Crippen LogP contribution in [-0.4, -0.2) is 55.0 Å². The first kappa shape index (κ1) is 16.4. The number of rotatable bonds is 9. The molecule has 2 aromatic rings. The minimum absolute atomic E-state index is 0.0784. The first-order valence-electron chi connectivity index (χ1n) is 7.08. The molecule has 2 rings (SSSR count). The molecule has 0 amide bonds. The van der Waals surface area contributed by atoms with Crippen LogP contribution in [-0.2, 0) is 0 Å². The molecule has 2 aromatic carbocycles. The third-order valence-electron chi connectivity index (χ3n) is 2.97. The molecule has 0 aliphatic carbocycles. The van der Waals surface area contributed by atoms with E-state index in [1.165, 1.54) is 0 Å². The maximum absolute atomic E-state index is 8.94. The van der Waals surface area contributed by atoms with Gasteiger partial charge < -0.3 is 29.5 Å². The van der Waals surface area contributed by atoms with Crippen molar-refractivity contribution >= 4 is 10.8 Å². The molecule has 0 saturated heterocycles. The van der Waals surface area contributed by atoms with Crippen molar-refractivity contribution < 1.29 is 29.5 Å². The van der Waals surface area contributed by atoms with Crippen molar-refractivity contribution in [3.05, 3.63) is 30.3 Å². The Bertz CT molecular complexity index is 584. The third kappa shape index (κ3) is 3.79. The van der Waals surface area contributed by atoms with Crippen molar-refractivity contribution in [1.82, 2.24) is 0 Å². The van der Waals surface area contributed by atoms with Gasteiger partial charge in [-0.3, -0.25) is 0 Å². The average molecular weight is 308 g/mol.